The molecule has 0 aromatic heterocycles. The van der Waals surface area contributed by atoms with Gasteiger partial charge in [0.1, 0.15) is 6.34 Å². The highest BCUT2D eigenvalue weighted by Crippen LogP contribution is 2.61. The van der Waals surface area contributed by atoms with E-state index >= 15 is 0 Å². The van der Waals surface area contributed by atoms with Gasteiger partial charge in [-0.3, -0.25) is 0 Å². The first-order chi connectivity index (χ1) is 10.9. The standard InChI is InChI=1S/C21H35N2P/c1-16-13-17(2)19(18(3)14-16)22-11-10-12-23(15-22)24(20(4,5)6)21(7,8)9/h13-14H,10-12H2,1-9H3. The summed E-state index contributed by atoms with van der Waals surface area (Å²) in [6, 6.07) is 4.58. The normalized spacial score (nSPS) is 16.6. The van der Waals surface area contributed by atoms with E-state index in [0.717, 1.165) is 13.1 Å². The van der Waals surface area contributed by atoms with Crippen LogP contribution in [0.3, 0.4) is 0 Å². The fourth-order valence-electron chi connectivity index (χ4n) is 4.25. The molecule has 24 heavy (non-hydrogen) atoms. The van der Waals surface area contributed by atoms with E-state index < -0.39 is 0 Å². The SMILES string of the molecule is Cc1cc(C)c([N+]2=[C-]N(P(C(C)(C)C)C(C)(C)C)CCC2)c(C)c1. The Morgan fingerprint density at radius 3 is 1.92 bits per heavy atom. The van der Waals surface area contributed by atoms with Crippen LogP contribution in [0.25, 0.3) is 0 Å². The Labute approximate surface area is 150 Å². The number of hydrogen-bond donors (Lipinski definition) is 0. The zero-order valence-corrected chi connectivity index (χ0v) is 18.0. The van der Waals surface area contributed by atoms with Crippen molar-refractivity contribution in [3.63, 3.8) is 0 Å². The Kier molecular flexibility index (Phi) is 5.50. The molecule has 0 saturated carbocycles. The van der Waals surface area contributed by atoms with Crippen LogP contribution in [-0.4, -0.2) is 39.0 Å². The number of rotatable bonds is 2. The number of hydrogen-bond acceptors (Lipinski definition) is 1. The second-order valence-corrected chi connectivity index (χ2v) is 12.9. The minimum Gasteiger partial charge on any atom is -0.394 e. The number of nitrogens with zero attached hydrogens (tertiary/aromatic N) is 2. The molecule has 0 atom stereocenters. The second-order valence-electron chi connectivity index (χ2n) is 9.13. The van der Waals surface area contributed by atoms with Crippen molar-refractivity contribution >= 4 is 20.1 Å². The Morgan fingerprint density at radius 1 is 0.958 bits per heavy atom. The Morgan fingerprint density at radius 2 is 1.46 bits per heavy atom. The van der Waals surface area contributed by atoms with Gasteiger partial charge in [0.05, 0.1) is 21.2 Å². The lowest BCUT2D eigenvalue weighted by molar-refractivity contribution is -0.446. The Hall–Kier alpha value is -0.880. The van der Waals surface area contributed by atoms with E-state index in [2.05, 4.69) is 90.0 Å². The van der Waals surface area contributed by atoms with Crippen molar-refractivity contribution in [2.75, 3.05) is 13.1 Å². The minimum atomic E-state index is -0.323. The van der Waals surface area contributed by atoms with Gasteiger partial charge in [-0.05, 0) is 12.6 Å². The molecular formula is C21H35N2P. The summed E-state index contributed by atoms with van der Waals surface area (Å²) in [4.78, 5) is 0. The van der Waals surface area contributed by atoms with Gasteiger partial charge >= 0.3 is 0 Å². The highest BCUT2D eigenvalue weighted by molar-refractivity contribution is 7.59. The first-order valence-electron chi connectivity index (χ1n) is 9.11. The lowest BCUT2D eigenvalue weighted by Crippen LogP contribution is -2.40. The topological polar surface area (TPSA) is 6.25 Å². The quantitative estimate of drug-likeness (QED) is 0.369. The van der Waals surface area contributed by atoms with Crippen molar-refractivity contribution in [1.29, 1.82) is 0 Å². The van der Waals surface area contributed by atoms with Gasteiger partial charge in [0.2, 0.25) is 0 Å². The van der Waals surface area contributed by atoms with E-state index in [-0.39, 0.29) is 18.4 Å². The molecule has 2 nitrogen and oxygen atoms in total. The summed E-state index contributed by atoms with van der Waals surface area (Å²) >= 11 is 0. The largest absolute Gasteiger partial charge is 0.394 e. The summed E-state index contributed by atoms with van der Waals surface area (Å²) in [5.41, 5.74) is 5.41. The van der Waals surface area contributed by atoms with Crippen LogP contribution in [0.4, 0.5) is 5.69 Å². The summed E-state index contributed by atoms with van der Waals surface area (Å²) in [5.74, 6) is 0. The molecule has 0 unspecified atom stereocenters. The van der Waals surface area contributed by atoms with Gasteiger partial charge < -0.3 is 9.25 Å². The molecule has 0 fully saturated rings. The Bertz CT molecular complexity index is 595. The maximum absolute atomic E-state index is 3.78. The van der Waals surface area contributed by atoms with Crippen LogP contribution in [0, 0.1) is 20.8 Å². The van der Waals surface area contributed by atoms with Gasteiger partial charge in [0.25, 0.3) is 0 Å². The summed E-state index contributed by atoms with van der Waals surface area (Å²) in [6.07, 6.45) is 4.98. The predicted octanol–water partition coefficient (Wildman–Crippen LogP) is 5.86. The van der Waals surface area contributed by atoms with Crippen LogP contribution in [0.1, 0.15) is 64.7 Å². The van der Waals surface area contributed by atoms with E-state index in [1.165, 1.54) is 28.8 Å². The number of benzene rings is 1. The van der Waals surface area contributed by atoms with Crippen molar-refractivity contribution in [2.24, 2.45) is 0 Å². The lowest BCUT2D eigenvalue weighted by Gasteiger charge is -2.46. The van der Waals surface area contributed by atoms with Crippen molar-refractivity contribution in [1.82, 2.24) is 4.67 Å². The molecule has 1 aromatic carbocycles. The Balaban J connectivity index is 2.48. The third-order valence-electron chi connectivity index (χ3n) is 4.41. The fourth-order valence-corrected chi connectivity index (χ4v) is 8.25. The van der Waals surface area contributed by atoms with Crippen molar-refractivity contribution in [3.05, 3.63) is 28.8 Å². The molecule has 2 rings (SSSR count). The van der Waals surface area contributed by atoms with Gasteiger partial charge in [-0.25, -0.2) is 0 Å². The van der Waals surface area contributed by atoms with E-state index in [1.807, 2.05) is 0 Å². The molecule has 0 saturated heterocycles. The first kappa shape index (κ1) is 19.4. The molecule has 0 radical (unpaired) electrons. The van der Waals surface area contributed by atoms with Crippen molar-refractivity contribution in [2.45, 2.75) is 79.0 Å². The molecule has 0 spiro atoms. The second kappa shape index (κ2) is 6.79. The van der Waals surface area contributed by atoms with Crippen LogP contribution in [0.2, 0.25) is 0 Å². The molecule has 1 heterocycles. The highest BCUT2D eigenvalue weighted by atomic mass is 31.1. The molecule has 0 aliphatic carbocycles. The van der Waals surface area contributed by atoms with Crippen LogP contribution in [0.15, 0.2) is 12.1 Å². The van der Waals surface area contributed by atoms with Gasteiger partial charge in [0, 0.05) is 16.7 Å². The zero-order chi connectivity index (χ0) is 18.3. The van der Waals surface area contributed by atoms with Gasteiger partial charge in [-0.15, -0.1) is 0 Å². The van der Waals surface area contributed by atoms with E-state index in [0.29, 0.717) is 0 Å². The van der Waals surface area contributed by atoms with Crippen molar-refractivity contribution < 1.29 is 4.58 Å². The minimum absolute atomic E-state index is 0.279. The van der Waals surface area contributed by atoms with Gasteiger partial charge in [-0.2, -0.15) is 0 Å². The third-order valence-corrected chi connectivity index (χ3v) is 7.72. The first-order valence-corrected chi connectivity index (χ1v) is 10.4. The average Bonchev–Trinajstić information content (AvgIpc) is 2.34. The summed E-state index contributed by atoms with van der Waals surface area (Å²) in [5, 5.41) is 0.557. The van der Waals surface area contributed by atoms with Crippen LogP contribution in [0.5, 0.6) is 0 Å². The molecular weight excluding hydrogens is 311 g/mol. The van der Waals surface area contributed by atoms with Gasteiger partial charge in [-0.1, -0.05) is 84.2 Å². The highest BCUT2D eigenvalue weighted by Gasteiger charge is 2.42. The maximum atomic E-state index is 3.78. The summed E-state index contributed by atoms with van der Waals surface area (Å²) < 4.78 is 4.91. The van der Waals surface area contributed by atoms with Crippen LogP contribution < -0.4 is 0 Å². The van der Waals surface area contributed by atoms with Crippen molar-refractivity contribution in [3.8, 4) is 0 Å². The van der Waals surface area contributed by atoms with Gasteiger partial charge in [0.15, 0.2) is 0 Å². The molecule has 1 aromatic rings. The molecule has 134 valence electrons. The fraction of sp³-hybridized carbons (Fsp3) is 0.667. The molecule has 0 amide bonds. The molecule has 0 N–H and O–H groups in total. The smallest absolute Gasteiger partial charge is 0.133 e. The van der Waals surface area contributed by atoms with E-state index in [4.69, 9.17) is 0 Å². The summed E-state index contributed by atoms with van der Waals surface area (Å²) in [7, 11) is -0.323. The average molecular weight is 346 g/mol. The molecule has 0 bridgehead atoms. The zero-order valence-electron chi connectivity index (χ0n) is 17.1. The monoisotopic (exact) mass is 346 g/mol. The molecule has 1 aliphatic rings. The maximum Gasteiger partial charge on any atom is 0.133 e. The summed E-state index contributed by atoms with van der Waals surface area (Å²) in [6.45, 7) is 23.1. The van der Waals surface area contributed by atoms with Crippen LogP contribution >= 0.6 is 8.07 Å². The van der Waals surface area contributed by atoms with Crippen LogP contribution in [-0.2, 0) is 0 Å². The molecule has 3 heteroatoms. The predicted molar refractivity (Wildman–Crippen MR) is 108 cm³/mol. The third kappa shape index (κ3) is 4.20. The van der Waals surface area contributed by atoms with E-state index in [9.17, 15) is 0 Å². The molecule has 1 aliphatic heterocycles. The number of aryl methyl sites for hydroxylation is 3. The lowest BCUT2D eigenvalue weighted by atomic mass is 10.0. The van der Waals surface area contributed by atoms with E-state index in [1.54, 1.807) is 0 Å².